The quantitative estimate of drug-likeness (QED) is 0.287. The number of carboxylic acids is 1. The first-order chi connectivity index (χ1) is 16.9. The van der Waals surface area contributed by atoms with Gasteiger partial charge in [-0.3, -0.25) is 4.79 Å². The topological polar surface area (TPSA) is 93.8 Å². The molecule has 0 aliphatic heterocycles. The Labute approximate surface area is 210 Å². The molecule has 0 saturated carbocycles. The maximum Gasteiger partial charge on any atom is 0.335 e. The van der Waals surface area contributed by atoms with Crippen LogP contribution in [0.3, 0.4) is 0 Å². The van der Waals surface area contributed by atoms with Crippen molar-refractivity contribution in [1.82, 2.24) is 9.66 Å². The van der Waals surface area contributed by atoms with Crippen LogP contribution in [0, 0.1) is 0 Å². The van der Waals surface area contributed by atoms with Gasteiger partial charge in [-0.25, -0.2) is 9.78 Å². The molecule has 0 spiro atoms. The van der Waals surface area contributed by atoms with E-state index >= 15 is 0 Å². The number of benzene rings is 3. The SMILES string of the molecule is CC[C@H](C)c1nc2ccc(Br)cc2c(=O)n1N=Cc1cccc(OCc2cccc(C(=O)O)c2)c1. The molecule has 178 valence electrons. The van der Waals surface area contributed by atoms with Gasteiger partial charge >= 0.3 is 5.97 Å². The van der Waals surface area contributed by atoms with Crippen molar-refractivity contribution in [2.45, 2.75) is 32.8 Å². The smallest absolute Gasteiger partial charge is 0.335 e. The first kappa shape index (κ1) is 24.3. The van der Waals surface area contributed by atoms with Gasteiger partial charge in [0, 0.05) is 10.4 Å². The van der Waals surface area contributed by atoms with Gasteiger partial charge in [0.15, 0.2) is 0 Å². The fraction of sp³-hybridized carbons (Fsp3) is 0.185. The van der Waals surface area contributed by atoms with Gasteiger partial charge in [-0.2, -0.15) is 9.78 Å². The van der Waals surface area contributed by atoms with Crippen LogP contribution < -0.4 is 10.3 Å². The normalized spacial score (nSPS) is 12.2. The van der Waals surface area contributed by atoms with Crippen LogP contribution >= 0.6 is 15.9 Å². The number of halogens is 1. The molecule has 4 aromatic rings. The average molecular weight is 534 g/mol. The van der Waals surface area contributed by atoms with Crippen LogP contribution in [0.25, 0.3) is 10.9 Å². The lowest BCUT2D eigenvalue weighted by atomic mass is 10.1. The summed E-state index contributed by atoms with van der Waals surface area (Å²) in [6, 6.07) is 19.4. The van der Waals surface area contributed by atoms with Crippen molar-refractivity contribution in [2.75, 3.05) is 0 Å². The van der Waals surface area contributed by atoms with Crippen LogP contribution in [0.4, 0.5) is 0 Å². The monoisotopic (exact) mass is 533 g/mol. The number of carboxylic acid groups (broad SMARTS) is 1. The number of rotatable bonds is 8. The molecule has 0 aliphatic rings. The van der Waals surface area contributed by atoms with Crippen LogP contribution in [0.2, 0.25) is 0 Å². The molecule has 1 atom stereocenters. The molecule has 0 unspecified atom stereocenters. The van der Waals surface area contributed by atoms with E-state index in [2.05, 4.69) is 21.0 Å². The molecule has 0 radical (unpaired) electrons. The maximum atomic E-state index is 13.3. The van der Waals surface area contributed by atoms with E-state index in [0.29, 0.717) is 22.5 Å². The minimum atomic E-state index is -0.979. The number of aromatic nitrogens is 2. The van der Waals surface area contributed by atoms with Crippen LogP contribution in [0.5, 0.6) is 5.75 Å². The summed E-state index contributed by atoms with van der Waals surface area (Å²) in [7, 11) is 0. The van der Waals surface area contributed by atoms with Crippen LogP contribution in [-0.4, -0.2) is 27.0 Å². The second kappa shape index (κ2) is 10.7. The van der Waals surface area contributed by atoms with Crippen LogP contribution in [0.1, 0.15) is 53.5 Å². The zero-order valence-corrected chi connectivity index (χ0v) is 20.9. The Bertz CT molecular complexity index is 1480. The van der Waals surface area contributed by atoms with Gasteiger partial charge in [0.05, 0.1) is 22.7 Å². The third-order valence-corrected chi connectivity index (χ3v) is 6.14. The maximum absolute atomic E-state index is 13.3. The van der Waals surface area contributed by atoms with Gasteiger partial charge in [0.1, 0.15) is 18.2 Å². The highest BCUT2D eigenvalue weighted by molar-refractivity contribution is 9.10. The van der Waals surface area contributed by atoms with Crippen molar-refractivity contribution < 1.29 is 14.6 Å². The molecule has 35 heavy (non-hydrogen) atoms. The summed E-state index contributed by atoms with van der Waals surface area (Å²) in [5.41, 5.74) is 2.13. The lowest BCUT2D eigenvalue weighted by Gasteiger charge is -2.14. The summed E-state index contributed by atoms with van der Waals surface area (Å²) in [4.78, 5) is 29.2. The van der Waals surface area contributed by atoms with Crippen molar-refractivity contribution in [3.05, 3.63) is 104 Å². The first-order valence-corrected chi connectivity index (χ1v) is 12.0. The molecular formula is C27H24BrN3O4. The number of hydrogen-bond acceptors (Lipinski definition) is 5. The van der Waals surface area contributed by atoms with Gasteiger partial charge in [0.2, 0.25) is 0 Å². The minimum Gasteiger partial charge on any atom is -0.489 e. The molecule has 0 fully saturated rings. The highest BCUT2D eigenvalue weighted by atomic mass is 79.9. The van der Waals surface area contributed by atoms with E-state index in [-0.39, 0.29) is 23.6 Å². The highest BCUT2D eigenvalue weighted by Crippen LogP contribution is 2.21. The van der Waals surface area contributed by atoms with Crippen molar-refractivity contribution in [3.8, 4) is 5.75 Å². The summed E-state index contributed by atoms with van der Waals surface area (Å²) in [5, 5.41) is 14.1. The van der Waals surface area contributed by atoms with Crippen molar-refractivity contribution >= 4 is 39.0 Å². The lowest BCUT2D eigenvalue weighted by Crippen LogP contribution is -2.23. The molecular weight excluding hydrogens is 510 g/mol. The Hall–Kier alpha value is -3.78. The molecule has 0 bridgehead atoms. The zero-order valence-electron chi connectivity index (χ0n) is 19.3. The van der Waals surface area contributed by atoms with Crippen molar-refractivity contribution in [1.29, 1.82) is 0 Å². The third kappa shape index (κ3) is 5.66. The molecule has 1 aromatic heterocycles. The van der Waals surface area contributed by atoms with Gasteiger partial charge in [-0.1, -0.05) is 54.0 Å². The fourth-order valence-electron chi connectivity index (χ4n) is 3.55. The number of nitrogens with zero attached hydrogens (tertiary/aromatic N) is 3. The third-order valence-electron chi connectivity index (χ3n) is 5.65. The highest BCUT2D eigenvalue weighted by Gasteiger charge is 2.15. The lowest BCUT2D eigenvalue weighted by molar-refractivity contribution is 0.0696. The molecule has 4 rings (SSSR count). The van der Waals surface area contributed by atoms with Gasteiger partial charge < -0.3 is 9.84 Å². The molecule has 0 saturated heterocycles. The first-order valence-electron chi connectivity index (χ1n) is 11.2. The van der Waals surface area contributed by atoms with E-state index < -0.39 is 5.97 Å². The van der Waals surface area contributed by atoms with Crippen molar-refractivity contribution in [3.63, 3.8) is 0 Å². The predicted octanol–water partition coefficient (Wildman–Crippen LogP) is 5.83. The molecule has 1 heterocycles. The van der Waals surface area contributed by atoms with E-state index in [1.54, 1.807) is 30.5 Å². The number of hydrogen-bond donors (Lipinski definition) is 1. The summed E-state index contributed by atoms with van der Waals surface area (Å²) < 4.78 is 8.02. The Morgan fingerprint density at radius 3 is 2.74 bits per heavy atom. The molecule has 3 aromatic carbocycles. The molecule has 1 N–H and O–H groups in total. The standard InChI is InChI=1S/C27H24BrN3O4/c1-3-17(2)25-30-24-11-10-21(28)14-23(24)26(32)31(25)29-15-18-6-5-9-22(13-18)35-16-19-7-4-8-20(12-19)27(33)34/h4-15,17H,3,16H2,1-2H3,(H,33,34)/t17-/m0/s1. The number of fused-ring (bicyclic) bond motifs is 1. The number of carbonyl (C=O) groups is 1. The van der Waals surface area contributed by atoms with E-state index in [1.165, 1.54) is 4.68 Å². The Kier molecular flexibility index (Phi) is 7.41. The summed E-state index contributed by atoms with van der Waals surface area (Å²) in [6.07, 6.45) is 2.42. The second-order valence-electron chi connectivity index (χ2n) is 8.17. The molecule has 0 amide bonds. The largest absolute Gasteiger partial charge is 0.489 e. The van der Waals surface area contributed by atoms with Crippen molar-refractivity contribution in [2.24, 2.45) is 5.10 Å². The van der Waals surface area contributed by atoms with E-state index in [4.69, 9.17) is 14.8 Å². The molecule has 0 aliphatic carbocycles. The Balaban J connectivity index is 1.61. The fourth-order valence-corrected chi connectivity index (χ4v) is 3.91. The summed E-state index contributed by atoms with van der Waals surface area (Å²) in [6.45, 7) is 4.29. The second-order valence-corrected chi connectivity index (χ2v) is 9.08. The zero-order chi connectivity index (χ0) is 24.9. The van der Waals surface area contributed by atoms with Crippen LogP contribution in [-0.2, 0) is 6.61 Å². The number of aromatic carboxylic acids is 1. The van der Waals surface area contributed by atoms with Gasteiger partial charge in [-0.05, 0) is 60.0 Å². The Morgan fingerprint density at radius 2 is 1.97 bits per heavy atom. The average Bonchev–Trinajstić information content (AvgIpc) is 2.87. The molecule has 7 nitrogen and oxygen atoms in total. The van der Waals surface area contributed by atoms with E-state index in [1.807, 2.05) is 56.3 Å². The predicted molar refractivity (Wildman–Crippen MR) is 140 cm³/mol. The summed E-state index contributed by atoms with van der Waals surface area (Å²) >= 11 is 3.42. The van der Waals surface area contributed by atoms with Crippen LogP contribution in [0.15, 0.2) is 81.1 Å². The van der Waals surface area contributed by atoms with E-state index in [9.17, 15) is 9.59 Å². The summed E-state index contributed by atoms with van der Waals surface area (Å²) in [5.74, 6) is 0.274. The van der Waals surface area contributed by atoms with Gasteiger partial charge in [-0.15, -0.1) is 0 Å². The molecule has 8 heteroatoms. The minimum absolute atomic E-state index is 0.0455. The van der Waals surface area contributed by atoms with E-state index in [0.717, 1.165) is 22.0 Å². The van der Waals surface area contributed by atoms with Gasteiger partial charge in [0.25, 0.3) is 5.56 Å². The number of ether oxygens (including phenoxy) is 1. The Morgan fingerprint density at radius 1 is 1.17 bits per heavy atom.